The van der Waals surface area contributed by atoms with E-state index in [2.05, 4.69) is 11.4 Å². The molecular formula is C16H14N2O. The third-order valence-electron chi connectivity index (χ3n) is 3.54. The lowest BCUT2D eigenvalue weighted by atomic mass is 9.92. The maximum absolute atomic E-state index is 9.45. The van der Waals surface area contributed by atoms with Gasteiger partial charge in [0.15, 0.2) is 0 Å². The van der Waals surface area contributed by atoms with Gasteiger partial charge in [0.2, 0.25) is 0 Å². The number of ether oxygens (including phenoxy) is 1. The minimum Gasteiger partial charge on any atom is -0.497 e. The molecule has 1 aliphatic heterocycles. The lowest BCUT2D eigenvalue weighted by molar-refractivity contribution is 0.415. The van der Waals surface area contributed by atoms with Gasteiger partial charge >= 0.3 is 0 Å². The highest BCUT2D eigenvalue weighted by Gasteiger charge is 2.33. The Kier molecular flexibility index (Phi) is 2.85. The van der Waals surface area contributed by atoms with E-state index < -0.39 is 0 Å². The molecule has 94 valence electrons. The van der Waals surface area contributed by atoms with Crippen molar-refractivity contribution in [3.63, 3.8) is 0 Å². The van der Waals surface area contributed by atoms with Crippen molar-refractivity contribution in [2.24, 2.45) is 0 Å². The molecule has 0 spiro atoms. The van der Waals surface area contributed by atoms with Gasteiger partial charge in [-0.05, 0) is 17.2 Å². The van der Waals surface area contributed by atoms with Gasteiger partial charge in [-0.15, -0.1) is 0 Å². The lowest BCUT2D eigenvalue weighted by Gasteiger charge is -2.14. The zero-order chi connectivity index (χ0) is 13.2. The van der Waals surface area contributed by atoms with Crippen LogP contribution in [0.4, 0.5) is 5.69 Å². The molecule has 2 aromatic rings. The van der Waals surface area contributed by atoms with E-state index in [4.69, 9.17) is 4.74 Å². The smallest absolute Gasteiger partial charge is 0.120 e. The molecule has 3 rings (SSSR count). The van der Waals surface area contributed by atoms with Crippen LogP contribution in [0.3, 0.4) is 0 Å². The molecule has 2 unspecified atom stereocenters. The molecule has 1 N–H and O–H groups in total. The molecular weight excluding hydrogens is 236 g/mol. The fourth-order valence-electron chi connectivity index (χ4n) is 2.57. The van der Waals surface area contributed by atoms with Gasteiger partial charge < -0.3 is 10.1 Å². The summed E-state index contributed by atoms with van der Waals surface area (Å²) in [5.74, 6) is 0.639. The summed E-state index contributed by atoms with van der Waals surface area (Å²) in [5.41, 5.74) is 3.15. The molecule has 19 heavy (non-hydrogen) atoms. The Balaban J connectivity index is 2.02. The van der Waals surface area contributed by atoms with Crippen molar-refractivity contribution in [3.05, 3.63) is 59.7 Å². The number of hydrogen-bond donors (Lipinski definition) is 1. The van der Waals surface area contributed by atoms with Gasteiger partial charge in [0.25, 0.3) is 0 Å². The van der Waals surface area contributed by atoms with Crippen LogP contribution in [0.15, 0.2) is 48.5 Å². The van der Waals surface area contributed by atoms with Gasteiger partial charge in [-0.2, -0.15) is 5.26 Å². The highest BCUT2D eigenvalue weighted by atomic mass is 16.5. The number of rotatable bonds is 2. The molecule has 3 nitrogen and oxygen atoms in total. The third-order valence-corrected chi connectivity index (χ3v) is 3.54. The Bertz CT molecular complexity index is 631. The van der Waals surface area contributed by atoms with Crippen molar-refractivity contribution in [2.75, 3.05) is 12.4 Å². The van der Waals surface area contributed by atoms with E-state index in [0.29, 0.717) is 0 Å². The van der Waals surface area contributed by atoms with Crippen LogP contribution in [0.5, 0.6) is 5.75 Å². The van der Waals surface area contributed by atoms with E-state index >= 15 is 0 Å². The van der Waals surface area contributed by atoms with Crippen LogP contribution in [-0.4, -0.2) is 7.11 Å². The first-order valence-electron chi connectivity index (χ1n) is 6.22. The summed E-state index contributed by atoms with van der Waals surface area (Å²) in [6.45, 7) is 0. The zero-order valence-electron chi connectivity index (χ0n) is 10.6. The Morgan fingerprint density at radius 1 is 1.16 bits per heavy atom. The fraction of sp³-hybridized carbons (Fsp3) is 0.188. The van der Waals surface area contributed by atoms with E-state index in [0.717, 1.165) is 22.6 Å². The molecule has 1 heterocycles. The molecule has 0 radical (unpaired) electrons. The molecule has 3 heteroatoms. The monoisotopic (exact) mass is 250 g/mol. The zero-order valence-corrected chi connectivity index (χ0v) is 10.6. The molecule has 2 aromatic carbocycles. The molecule has 0 saturated heterocycles. The summed E-state index contributed by atoms with van der Waals surface area (Å²) < 4.78 is 5.23. The SMILES string of the molecule is COc1ccc2c(c1)NC(c1ccccc1)C2C#N. The quantitative estimate of drug-likeness (QED) is 0.887. The number of benzene rings is 2. The summed E-state index contributed by atoms with van der Waals surface area (Å²) in [4.78, 5) is 0. The second-order valence-electron chi connectivity index (χ2n) is 4.59. The first-order valence-corrected chi connectivity index (χ1v) is 6.22. The van der Waals surface area contributed by atoms with Crippen LogP contribution in [-0.2, 0) is 0 Å². The fourth-order valence-corrected chi connectivity index (χ4v) is 2.57. The van der Waals surface area contributed by atoms with E-state index in [9.17, 15) is 5.26 Å². The Morgan fingerprint density at radius 2 is 1.95 bits per heavy atom. The highest BCUT2D eigenvalue weighted by molar-refractivity contribution is 5.65. The minimum absolute atomic E-state index is 0.00769. The minimum atomic E-state index is -0.164. The summed E-state index contributed by atoms with van der Waals surface area (Å²) in [5, 5.41) is 12.9. The maximum atomic E-state index is 9.45. The van der Waals surface area contributed by atoms with Gasteiger partial charge in [-0.3, -0.25) is 0 Å². The largest absolute Gasteiger partial charge is 0.497 e. The standard InChI is InChI=1S/C16H14N2O/c1-19-12-7-8-13-14(10-17)16(18-15(13)9-12)11-5-3-2-4-6-11/h2-9,14,16,18H,1H3. The average molecular weight is 250 g/mol. The van der Waals surface area contributed by atoms with Crippen LogP contribution >= 0.6 is 0 Å². The van der Waals surface area contributed by atoms with Crippen molar-refractivity contribution in [1.29, 1.82) is 5.26 Å². The lowest BCUT2D eigenvalue weighted by Crippen LogP contribution is -2.09. The van der Waals surface area contributed by atoms with Gasteiger partial charge in [0.05, 0.1) is 25.1 Å². The molecule has 2 atom stereocenters. The summed E-state index contributed by atoms with van der Waals surface area (Å²) in [7, 11) is 1.65. The molecule has 0 aromatic heterocycles. The predicted molar refractivity (Wildman–Crippen MR) is 74.2 cm³/mol. The van der Waals surface area contributed by atoms with Crippen LogP contribution < -0.4 is 10.1 Å². The van der Waals surface area contributed by atoms with Crippen LogP contribution in [0.2, 0.25) is 0 Å². The normalized spacial score (nSPS) is 20.2. The summed E-state index contributed by atoms with van der Waals surface area (Å²) in [6.07, 6.45) is 0. The number of methoxy groups -OCH3 is 1. The molecule has 0 aliphatic carbocycles. The van der Waals surface area contributed by atoms with Crippen molar-refractivity contribution < 1.29 is 4.74 Å². The topological polar surface area (TPSA) is 45.0 Å². The molecule has 1 aliphatic rings. The number of anilines is 1. The van der Waals surface area contributed by atoms with Crippen molar-refractivity contribution in [2.45, 2.75) is 12.0 Å². The van der Waals surface area contributed by atoms with Crippen LogP contribution in [0.25, 0.3) is 0 Å². The van der Waals surface area contributed by atoms with Gasteiger partial charge in [-0.25, -0.2) is 0 Å². The Hall–Kier alpha value is -2.47. The predicted octanol–water partition coefficient (Wildman–Crippen LogP) is 3.47. The van der Waals surface area contributed by atoms with Crippen molar-refractivity contribution in [3.8, 4) is 11.8 Å². The van der Waals surface area contributed by atoms with E-state index in [1.165, 1.54) is 0 Å². The van der Waals surface area contributed by atoms with Gasteiger partial charge in [-0.1, -0.05) is 36.4 Å². The molecule has 0 saturated carbocycles. The van der Waals surface area contributed by atoms with Crippen molar-refractivity contribution >= 4 is 5.69 Å². The second kappa shape index (κ2) is 4.66. The Morgan fingerprint density at radius 3 is 2.63 bits per heavy atom. The highest BCUT2D eigenvalue weighted by Crippen LogP contribution is 2.44. The number of nitrogens with one attached hydrogen (secondary N) is 1. The summed E-state index contributed by atoms with van der Waals surface area (Å²) in [6, 6.07) is 18.3. The first-order chi connectivity index (χ1) is 9.33. The number of fused-ring (bicyclic) bond motifs is 1. The Labute approximate surface area is 112 Å². The number of nitriles is 1. The first kappa shape index (κ1) is 11.6. The van der Waals surface area contributed by atoms with E-state index in [-0.39, 0.29) is 12.0 Å². The van der Waals surface area contributed by atoms with Crippen LogP contribution in [0.1, 0.15) is 23.1 Å². The number of nitrogens with zero attached hydrogens (tertiary/aromatic N) is 1. The maximum Gasteiger partial charge on any atom is 0.120 e. The molecule has 0 amide bonds. The van der Waals surface area contributed by atoms with Crippen LogP contribution in [0, 0.1) is 11.3 Å². The number of hydrogen-bond acceptors (Lipinski definition) is 3. The van der Waals surface area contributed by atoms with E-state index in [1.54, 1.807) is 7.11 Å². The average Bonchev–Trinajstić information content (AvgIpc) is 2.85. The molecule has 0 bridgehead atoms. The van der Waals surface area contributed by atoms with E-state index in [1.807, 2.05) is 48.5 Å². The van der Waals surface area contributed by atoms with Gasteiger partial charge in [0.1, 0.15) is 5.75 Å². The van der Waals surface area contributed by atoms with Crippen molar-refractivity contribution in [1.82, 2.24) is 0 Å². The third kappa shape index (κ3) is 1.92. The van der Waals surface area contributed by atoms with Gasteiger partial charge in [0, 0.05) is 11.8 Å². The molecule has 0 fully saturated rings. The second-order valence-corrected chi connectivity index (χ2v) is 4.59. The summed E-state index contributed by atoms with van der Waals surface area (Å²) >= 11 is 0.